The molecule has 0 aromatic rings. The molecule has 0 spiro atoms. The lowest BCUT2D eigenvalue weighted by atomic mass is 9.97. The molecule has 5 nitrogen and oxygen atoms in total. The molecule has 1 unspecified atom stereocenters. The van der Waals surface area contributed by atoms with E-state index in [1.165, 1.54) is 115 Å². The summed E-state index contributed by atoms with van der Waals surface area (Å²) in [5.74, 6) is 1.20. The molecule has 0 aliphatic heterocycles. The van der Waals surface area contributed by atoms with Crippen molar-refractivity contribution in [2.24, 2.45) is 0 Å². The summed E-state index contributed by atoms with van der Waals surface area (Å²) in [5, 5.41) is 0.548. The maximum absolute atomic E-state index is 12.3. The van der Waals surface area contributed by atoms with Gasteiger partial charge >= 0.3 is 7.82 Å². The highest BCUT2D eigenvalue weighted by atomic mass is 32.2. The van der Waals surface area contributed by atoms with Crippen molar-refractivity contribution in [1.82, 2.24) is 0 Å². The number of likely N-dealkylation sites (N-methyl/N-ethyl adjacent to an activating group) is 1. The van der Waals surface area contributed by atoms with Crippen LogP contribution in [0.4, 0.5) is 0 Å². The number of phosphoric acid groups is 1. The Morgan fingerprint density at radius 1 is 0.806 bits per heavy atom. The zero-order valence-electron chi connectivity index (χ0n) is 24.4. The predicted octanol–water partition coefficient (Wildman–Crippen LogP) is 9.13. The van der Waals surface area contributed by atoms with Crippen LogP contribution in [-0.4, -0.2) is 60.8 Å². The number of thioether (sulfide) groups is 1. The van der Waals surface area contributed by atoms with Crippen LogP contribution in [0.3, 0.4) is 0 Å². The van der Waals surface area contributed by atoms with Crippen molar-refractivity contribution >= 4 is 19.6 Å². The Kier molecular flexibility index (Phi) is 20.4. The summed E-state index contributed by atoms with van der Waals surface area (Å²) in [6.45, 7) is 3.20. The minimum atomic E-state index is -3.96. The zero-order valence-corrected chi connectivity index (χ0v) is 26.1. The first kappa shape index (κ1) is 34.4. The summed E-state index contributed by atoms with van der Waals surface area (Å²) in [5.41, 5.74) is 0. The van der Waals surface area contributed by atoms with E-state index in [0.29, 0.717) is 16.3 Å². The van der Waals surface area contributed by atoms with E-state index >= 15 is 0 Å². The van der Waals surface area contributed by atoms with Crippen LogP contribution in [-0.2, 0) is 13.6 Å². The molecular weight excluding hydrogens is 489 g/mol. The van der Waals surface area contributed by atoms with Crippen molar-refractivity contribution in [2.75, 3.05) is 40.0 Å². The molecule has 1 rings (SSSR count). The van der Waals surface area contributed by atoms with Gasteiger partial charge in [0.25, 0.3) is 0 Å². The largest absolute Gasteiger partial charge is 0.472 e. The first-order valence-electron chi connectivity index (χ1n) is 15.3. The van der Waals surface area contributed by atoms with Gasteiger partial charge in [-0.25, -0.2) is 4.57 Å². The Labute approximate surface area is 229 Å². The van der Waals surface area contributed by atoms with Crippen LogP contribution in [0.2, 0.25) is 0 Å². The monoisotopic (exact) mass is 550 g/mol. The Morgan fingerprint density at radius 3 is 1.81 bits per heavy atom. The molecule has 0 heterocycles. The minimum absolute atomic E-state index is 0.151. The molecule has 0 amide bonds. The summed E-state index contributed by atoms with van der Waals surface area (Å²) < 4.78 is 23.7. The standard InChI is InChI=1S/C29H60NO4PS/c1-5-6-7-8-9-10-11-12-13-14-15-16-17-18-19-20-26-36-29-23-21-22-28(27-29)34-35(31,32)33-25-24-30(2,3)4/h28-29H,5-27H2,1-4H3/p+1/t28-,29-/m1/s1. The number of phosphoric ester groups is 1. The van der Waals surface area contributed by atoms with Crippen molar-refractivity contribution in [3.8, 4) is 0 Å². The SMILES string of the molecule is CCCCCCCCCCCCCCCCCCS[C@@H]1CCC[C@@H](OP(=O)(O)OCC[N+](C)(C)C)C1. The number of rotatable bonds is 24. The van der Waals surface area contributed by atoms with Crippen LogP contribution in [0.1, 0.15) is 135 Å². The van der Waals surface area contributed by atoms with E-state index in [1.54, 1.807) is 0 Å². The van der Waals surface area contributed by atoms with Gasteiger partial charge in [-0.2, -0.15) is 11.8 Å². The highest BCUT2D eigenvalue weighted by Crippen LogP contribution is 2.47. The summed E-state index contributed by atoms with van der Waals surface area (Å²) in [6.07, 6.45) is 26.4. The molecule has 1 aliphatic rings. The lowest BCUT2D eigenvalue weighted by molar-refractivity contribution is -0.870. The summed E-state index contributed by atoms with van der Waals surface area (Å²) in [6, 6.07) is 0. The number of unbranched alkanes of at least 4 members (excludes halogenated alkanes) is 15. The van der Waals surface area contributed by atoms with Gasteiger partial charge in [0.2, 0.25) is 0 Å². The van der Waals surface area contributed by atoms with E-state index in [2.05, 4.69) is 6.92 Å². The molecule has 0 bridgehead atoms. The molecule has 0 radical (unpaired) electrons. The fourth-order valence-electron chi connectivity index (χ4n) is 4.90. The Bertz CT molecular complexity index is 558. The number of hydrogen-bond acceptors (Lipinski definition) is 4. The molecule has 1 N–H and O–H groups in total. The quantitative estimate of drug-likeness (QED) is 0.0738. The van der Waals surface area contributed by atoms with Gasteiger partial charge in [-0.1, -0.05) is 103 Å². The van der Waals surface area contributed by atoms with E-state index < -0.39 is 7.82 Å². The molecule has 0 aromatic heterocycles. The van der Waals surface area contributed by atoms with Crippen LogP contribution in [0.15, 0.2) is 0 Å². The number of nitrogens with zero attached hydrogens (tertiary/aromatic N) is 1. The van der Waals surface area contributed by atoms with E-state index in [1.807, 2.05) is 32.9 Å². The van der Waals surface area contributed by atoms with Gasteiger partial charge in [0.05, 0.1) is 27.2 Å². The topological polar surface area (TPSA) is 55.8 Å². The molecule has 36 heavy (non-hydrogen) atoms. The molecule has 1 aliphatic carbocycles. The van der Waals surface area contributed by atoms with Gasteiger partial charge in [-0.3, -0.25) is 9.05 Å². The van der Waals surface area contributed by atoms with Gasteiger partial charge in [-0.05, 0) is 37.9 Å². The average molecular weight is 551 g/mol. The molecule has 7 heteroatoms. The third kappa shape index (κ3) is 21.4. The summed E-state index contributed by atoms with van der Waals surface area (Å²) in [4.78, 5) is 10.1. The smallest absolute Gasteiger partial charge is 0.329 e. The van der Waals surface area contributed by atoms with Crippen LogP contribution >= 0.6 is 19.6 Å². The van der Waals surface area contributed by atoms with Crippen molar-refractivity contribution in [3.05, 3.63) is 0 Å². The van der Waals surface area contributed by atoms with Crippen molar-refractivity contribution in [3.63, 3.8) is 0 Å². The molecule has 1 saturated carbocycles. The summed E-state index contributed by atoms with van der Waals surface area (Å²) in [7, 11) is 2.15. The van der Waals surface area contributed by atoms with Gasteiger partial charge in [0.1, 0.15) is 13.2 Å². The highest BCUT2D eigenvalue weighted by Gasteiger charge is 2.31. The molecule has 0 saturated heterocycles. The molecule has 3 atom stereocenters. The normalized spacial score (nSPS) is 20.5. The zero-order chi connectivity index (χ0) is 26.5. The van der Waals surface area contributed by atoms with Crippen LogP contribution in [0.5, 0.6) is 0 Å². The number of hydrogen-bond donors (Lipinski definition) is 1. The second kappa shape index (κ2) is 21.3. The Balaban J connectivity index is 1.93. The fraction of sp³-hybridized carbons (Fsp3) is 1.00. The molecule has 1 fully saturated rings. The first-order chi connectivity index (χ1) is 17.2. The van der Waals surface area contributed by atoms with Crippen LogP contribution < -0.4 is 0 Å². The second-order valence-corrected chi connectivity index (χ2v) is 14.8. The minimum Gasteiger partial charge on any atom is -0.329 e. The van der Waals surface area contributed by atoms with E-state index in [0.717, 1.165) is 19.3 Å². The fourth-order valence-corrected chi connectivity index (χ4v) is 7.23. The third-order valence-corrected chi connectivity index (χ3v) is 9.73. The van der Waals surface area contributed by atoms with Gasteiger partial charge in [0, 0.05) is 5.25 Å². The van der Waals surface area contributed by atoms with E-state index in [9.17, 15) is 9.46 Å². The third-order valence-electron chi connectivity index (χ3n) is 7.23. The van der Waals surface area contributed by atoms with E-state index in [4.69, 9.17) is 9.05 Å². The van der Waals surface area contributed by atoms with Crippen molar-refractivity contribution in [1.29, 1.82) is 0 Å². The molecule has 0 aromatic carbocycles. The van der Waals surface area contributed by atoms with Gasteiger partial charge < -0.3 is 9.38 Å². The van der Waals surface area contributed by atoms with Crippen LogP contribution in [0, 0.1) is 0 Å². The highest BCUT2D eigenvalue weighted by molar-refractivity contribution is 7.99. The summed E-state index contributed by atoms with van der Waals surface area (Å²) >= 11 is 2.04. The lowest BCUT2D eigenvalue weighted by Crippen LogP contribution is -2.37. The van der Waals surface area contributed by atoms with Crippen molar-refractivity contribution < 1.29 is 23.0 Å². The maximum Gasteiger partial charge on any atom is 0.472 e. The predicted molar refractivity (Wildman–Crippen MR) is 158 cm³/mol. The Hall–Kier alpha value is 0.420. The lowest BCUT2D eigenvalue weighted by Gasteiger charge is -2.30. The number of quaternary nitrogens is 1. The van der Waals surface area contributed by atoms with Gasteiger partial charge in [0.15, 0.2) is 0 Å². The first-order valence-corrected chi connectivity index (χ1v) is 17.8. The second-order valence-electron chi connectivity index (χ2n) is 12.0. The van der Waals surface area contributed by atoms with Crippen LogP contribution in [0.25, 0.3) is 0 Å². The Morgan fingerprint density at radius 2 is 1.31 bits per heavy atom. The molecule has 216 valence electrons. The average Bonchev–Trinajstić information content (AvgIpc) is 2.80. The van der Waals surface area contributed by atoms with Crippen molar-refractivity contribution in [2.45, 2.75) is 147 Å². The maximum atomic E-state index is 12.3. The van der Waals surface area contributed by atoms with E-state index in [-0.39, 0.29) is 12.7 Å². The van der Waals surface area contributed by atoms with Gasteiger partial charge in [-0.15, -0.1) is 0 Å². The molecular formula is C29H61NO4PS+.